The van der Waals surface area contributed by atoms with Gasteiger partial charge in [0.05, 0.1) is 34.8 Å². The van der Waals surface area contributed by atoms with Crippen LogP contribution in [0.5, 0.6) is 5.75 Å². The van der Waals surface area contributed by atoms with Crippen LogP contribution in [0.2, 0.25) is 0 Å². The van der Waals surface area contributed by atoms with Crippen molar-refractivity contribution < 1.29 is 33.5 Å². The van der Waals surface area contributed by atoms with Crippen LogP contribution in [0.1, 0.15) is 30.9 Å². The van der Waals surface area contributed by atoms with Gasteiger partial charge in [0.15, 0.2) is 0 Å². The van der Waals surface area contributed by atoms with Crippen LogP contribution >= 0.6 is 0 Å². The normalized spacial score (nSPS) is 17.6. The molecule has 2 aromatic rings. The Kier molecular flexibility index (Phi) is 7.42. The molecule has 13 nitrogen and oxygen atoms in total. The number of hydrogen-bond acceptors (Lipinski definition) is 11. The fourth-order valence-corrected chi connectivity index (χ4v) is 5.10. The van der Waals surface area contributed by atoms with Crippen LogP contribution in [-0.2, 0) is 30.4 Å². The number of dihydropyridines is 1. The number of non-ortho nitro benzene ring substituents is 1. The second-order valence-electron chi connectivity index (χ2n) is 9.59. The third-order valence-corrected chi connectivity index (χ3v) is 6.91. The lowest BCUT2D eigenvalue weighted by atomic mass is 9.80. The number of rotatable bonds is 8. The zero-order valence-electron chi connectivity index (χ0n) is 22.6. The molecule has 0 aromatic heterocycles. The Bertz CT molecular complexity index is 1560. The molecule has 1 atom stereocenters. The van der Waals surface area contributed by atoms with Crippen molar-refractivity contribution in [3.63, 3.8) is 0 Å². The van der Waals surface area contributed by atoms with Crippen molar-refractivity contribution in [1.82, 2.24) is 15.5 Å². The summed E-state index contributed by atoms with van der Waals surface area (Å²) in [6.07, 6.45) is 0. The quantitative estimate of drug-likeness (QED) is 0.212. The van der Waals surface area contributed by atoms with Gasteiger partial charge < -0.3 is 24.4 Å². The molecule has 1 unspecified atom stereocenters. The summed E-state index contributed by atoms with van der Waals surface area (Å²) >= 11 is 0. The number of nitro groups is 1. The molecule has 3 heterocycles. The topological polar surface area (TPSA) is 162 Å². The zero-order chi connectivity index (χ0) is 29.3. The minimum absolute atomic E-state index is 0.0444. The fourth-order valence-electron chi connectivity index (χ4n) is 5.10. The van der Waals surface area contributed by atoms with Crippen molar-refractivity contribution in [2.75, 3.05) is 26.9 Å². The predicted octanol–water partition coefficient (Wildman–Crippen LogP) is 2.56. The van der Waals surface area contributed by atoms with Gasteiger partial charge in [0.1, 0.15) is 25.5 Å². The highest BCUT2D eigenvalue weighted by Gasteiger charge is 2.38. The Balaban J connectivity index is 1.29. The number of nitro benzene ring substituents is 1. The molecular formula is C28H27N5O8. The number of hydrogen-bond donors (Lipinski definition) is 2. The predicted molar refractivity (Wildman–Crippen MR) is 145 cm³/mol. The molecule has 0 spiro atoms. The van der Waals surface area contributed by atoms with E-state index in [1.807, 2.05) is 11.0 Å². The van der Waals surface area contributed by atoms with E-state index in [9.17, 15) is 24.5 Å². The molecule has 0 bridgehead atoms. The monoisotopic (exact) mass is 561 g/mol. The summed E-state index contributed by atoms with van der Waals surface area (Å²) in [6.45, 7) is 4.03. The Labute approximate surface area is 234 Å². The van der Waals surface area contributed by atoms with E-state index in [1.165, 1.54) is 25.3 Å². The molecule has 13 heteroatoms. The van der Waals surface area contributed by atoms with Gasteiger partial charge in [-0.05, 0) is 37.6 Å². The number of amides is 1. The van der Waals surface area contributed by atoms with E-state index in [-0.39, 0.29) is 42.5 Å². The van der Waals surface area contributed by atoms with Gasteiger partial charge in [-0.3, -0.25) is 20.2 Å². The number of benzene rings is 2. The number of guanidine groups is 1. The van der Waals surface area contributed by atoms with Crippen molar-refractivity contribution in [2.24, 2.45) is 4.99 Å². The largest absolute Gasteiger partial charge is 0.490 e. The number of methoxy groups -OCH3 is 1. The van der Waals surface area contributed by atoms with E-state index in [0.29, 0.717) is 35.2 Å². The first-order valence-corrected chi connectivity index (χ1v) is 12.7. The lowest BCUT2D eigenvalue weighted by Crippen LogP contribution is -2.32. The van der Waals surface area contributed by atoms with E-state index in [1.54, 1.807) is 32.0 Å². The van der Waals surface area contributed by atoms with Gasteiger partial charge in [0.25, 0.3) is 5.69 Å². The van der Waals surface area contributed by atoms with Crippen LogP contribution in [-0.4, -0.2) is 60.5 Å². The van der Waals surface area contributed by atoms with E-state index in [4.69, 9.17) is 14.2 Å². The molecule has 2 aromatic carbocycles. The summed E-state index contributed by atoms with van der Waals surface area (Å²) in [5, 5.41) is 17.2. The van der Waals surface area contributed by atoms with E-state index >= 15 is 0 Å². The molecule has 1 fully saturated rings. The standard InChI is InChI=1S/C28H27N5O8/c1-15-23(26(35)39-3)25(17-5-4-6-19(11-17)33(37)38)24(16(2)29-15)27(36)41-10-9-40-20-7-8-21-18(12-20)13-32-14-22(34)31-28(32)30-21/h4-8,11-12,25,29H,9-10,13-14H2,1-3H3,(H,30,31,34). The molecule has 3 aliphatic rings. The molecule has 0 aliphatic carbocycles. The molecule has 5 rings (SSSR count). The van der Waals surface area contributed by atoms with E-state index in [2.05, 4.69) is 15.6 Å². The van der Waals surface area contributed by atoms with Crippen LogP contribution in [0.4, 0.5) is 11.4 Å². The Hall–Kier alpha value is -5.20. The van der Waals surface area contributed by atoms with Gasteiger partial charge in [-0.2, -0.15) is 0 Å². The van der Waals surface area contributed by atoms with Crippen LogP contribution in [0.25, 0.3) is 0 Å². The van der Waals surface area contributed by atoms with Crippen LogP contribution in [0.15, 0.2) is 70.0 Å². The summed E-state index contributed by atoms with van der Waals surface area (Å²) in [4.78, 5) is 55.0. The summed E-state index contributed by atoms with van der Waals surface area (Å²) < 4.78 is 16.3. The van der Waals surface area contributed by atoms with Crippen molar-refractivity contribution >= 4 is 35.2 Å². The van der Waals surface area contributed by atoms with Crippen molar-refractivity contribution in [1.29, 1.82) is 0 Å². The fraction of sp³-hybridized carbons (Fsp3) is 0.286. The second-order valence-corrected chi connectivity index (χ2v) is 9.59. The molecule has 2 N–H and O–H groups in total. The number of nitrogens with zero attached hydrogens (tertiary/aromatic N) is 3. The van der Waals surface area contributed by atoms with Crippen LogP contribution in [0, 0.1) is 10.1 Å². The van der Waals surface area contributed by atoms with Crippen molar-refractivity contribution in [2.45, 2.75) is 26.3 Å². The molecular weight excluding hydrogens is 534 g/mol. The van der Waals surface area contributed by atoms with E-state index in [0.717, 1.165) is 11.3 Å². The highest BCUT2D eigenvalue weighted by atomic mass is 16.6. The summed E-state index contributed by atoms with van der Waals surface area (Å²) in [7, 11) is 1.22. The van der Waals surface area contributed by atoms with E-state index < -0.39 is 22.8 Å². The average Bonchev–Trinajstić information content (AvgIpc) is 3.31. The van der Waals surface area contributed by atoms with Crippen LogP contribution < -0.4 is 15.4 Å². The minimum atomic E-state index is -0.949. The van der Waals surface area contributed by atoms with Crippen molar-refractivity contribution in [3.05, 3.63) is 86.2 Å². The molecule has 3 aliphatic heterocycles. The van der Waals surface area contributed by atoms with Gasteiger partial charge >= 0.3 is 11.9 Å². The second kappa shape index (κ2) is 11.1. The van der Waals surface area contributed by atoms with Gasteiger partial charge in [0, 0.05) is 35.6 Å². The molecule has 212 valence electrons. The number of ether oxygens (including phenoxy) is 3. The number of allylic oxidation sites excluding steroid dienone is 2. The summed E-state index contributed by atoms with van der Waals surface area (Å²) in [5.74, 6) is -1.35. The highest BCUT2D eigenvalue weighted by molar-refractivity contribution is 6.05. The van der Waals surface area contributed by atoms with Gasteiger partial charge in [-0.1, -0.05) is 12.1 Å². The first-order chi connectivity index (χ1) is 19.7. The third kappa shape index (κ3) is 5.46. The number of carbonyl (C=O) groups excluding carboxylic acids is 3. The average molecular weight is 562 g/mol. The van der Waals surface area contributed by atoms with Crippen LogP contribution in [0.3, 0.4) is 0 Å². The van der Waals surface area contributed by atoms with Gasteiger partial charge in [-0.15, -0.1) is 0 Å². The third-order valence-electron chi connectivity index (χ3n) is 6.91. The molecule has 0 saturated carbocycles. The summed E-state index contributed by atoms with van der Waals surface area (Å²) in [6, 6.07) is 11.1. The smallest absolute Gasteiger partial charge is 0.336 e. The minimum Gasteiger partial charge on any atom is -0.490 e. The van der Waals surface area contributed by atoms with Gasteiger partial charge in [0.2, 0.25) is 11.9 Å². The molecule has 1 saturated heterocycles. The number of nitrogens with one attached hydrogen (secondary N) is 2. The lowest BCUT2D eigenvalue weighted by Gasteiger charge is -2.30. The highest BCUT2D eigenvalue weighted by Crippen LogP contribution is 2.40. The van der Waals surface area contributed by atoms with Crippen molar-refractivity contribution in [3.8, 4) is 5.75 Å². The maximum absolute atomic E-state index is 13.4. The Morgan fingerprint density at radius 1 is 1.05 bits per heavy atom. The first kappa shape index (κ1) is 27.4. The summed E-state index contributed by atoms with van der Waals surface area (Å²) in [5.41, 5.74) is 3.02. The first-order valence-electron chi connectivity index (χ1n) is 12.7. The number of aliphatic imine (C=N–C) groups is 1. The van der Waals surface area contributed by atoms with Gasteiger partial charge in [-0.25, -0.2) is 14.6 Å². The maximum Gasteiger partial charge on any atom is 0.336 e. The molecule has 1 amide bonds. The number of esters is 2. The SMILES string of the molecule is COC(=O)C1=C(C)NC(C)=C(C(=O)OCCOc2ccc3c(c2)CN2CC(=O)NC2=N3)C1c1cccc([N+](=O)[O-])c1. The number of fused-ring (bicyclic) bond motifs is 2. The Morgan fingerprint density at radius 2 is 1.80 bits per heavy atom. The molecule has 41 heavy (non-hydrogen) atoms. The Morgan fingerprint density at radius 3 is 2.54 bits per heavy atom. The zero-order valence-corrected chi connectivity index (χ0v) is 22.6. The maximum atomic E-state index is 13.4. The molecule has 0 radical (unpaired) electrons. The lowest BCUT2D eigenvalue weighted by molar-refractivity contribution is -0.384. The number of carbonyl (C=O) groups is 3.